The van der Waals surface area contributed by atoms with Crippen molar-refractivity contribution in [3.05, 3.63) is 0 Å². The van der Waals surface area contributed by atoms with Crippen molar-refractivity contribution < 1.29 is 14.3 Å². The maximum Gasteiger partial charge on any atom is 0.316 e. The summed E-state index contributed by atoms with van der Waals surface area (Å²) in [5, 5.41) is 0. The molecule has 0 aromatic rings. The van der Waals surface area contributed by atoms with Crippen molar-refractivity contribution in [2.24, 2.45) is 5.92 Å². The zero-order chi connectivity index (χ0) is 18.8. The number of unbranched alkanes of at least 4 members (excludes halogenated alkanes) is 12. The number of carbonyl (C=O) groups excluding carboxylic acids is 2. The monoisotopic (exact) mass is 354 g/mol. The number of rotatable bonds is 18. The fourth-order valence-corrected chi connectivity index (χ4v) is 3.13. The summed E-state index contributed by atoms with van der Waals surface area (Å²) in [7, 11) is 0. The van der Waals surface area contributed by atoms with E-state index < -0.39 is 5.92 Å². The highest BCUT2D eigenvalue weighted by Crippen LogP contribution is 2.16. The minimum atomic E-state index is -0.541. The van der Waals surface area contributed by atoms with E-state index in [1.807, 2.05) is 0 Å². The molecule has 25 heavy (non-hydrogen) atoms. The lowest BCUT2D eigenvalue weighted by Gasteiger charge is -2.13. The van der Waals surface area contributed by atoms with Gasteiger partial charge in [-0.05, 0) is 19.8 Å². The molecule has 148 valence electrons. The first-order valence-electron chi connectivity index (χ1n) is 10.8. The van der Waals surface area contributed by atoms with Crippen LogP contribution in [-0.2, 0) is 14.3 Å². The average molecular weight is 355 g/mol. The molecule has 1 unspecified atom stereocenters. The van der Waals surface area contributed by atoms with Crippen LogP contribution in [0.4, 0.5) is 0 Å². The number of carbonyl (C=O) groups is 2. The third kappa shape index (κ3) is 15.1. The van der Waals surface area contributed by atoms with E-state index in [4.69, 9.17) is 4.74 Å². The van der Waals surface area contributed by atoms with Gasteiger partial charge in [0.15, 0.2) is 0 Å². The zero-order valence-corrected chi connectivity index (χ0v) is 17.1. The van der Waals surface area contributed by atoms with Crippen molar-refractivity contribution in [3.8, 4) is 0 Å². The van der Waals surface area contributed by atoms with Crippen LogP contribution < -0.4 is 0 Å². The minimum absolute atomic E-state index is 0.0468. The molecular formula is C22H42O3. The molecule has 0 saturated heterocycles. The molecule has 0 bridgehead atoms. The smallest absolute Gasteiger partial charge is 0.316 e. The molecule has 0 aliphatic heterocycles. The second-order valence-electron chi connectivity index (χ2n) is 7.36. The summed E-state index contributed by atoms with van der Waals surface area (Å²) in [4.78, 5) is 23.8. The lowest BCUT2D eigenvalue weighted by Crippen LogP contribution is -2.24. The zero-order valence-electron chi connectivity index (χ0n) is 17.1. The van der Waals surface area contributed by atoms with E-state index in [2.05, 4.69) is 13.8 Å². The Morgan fingerprint density at radius 2 is 1.12 bits per heavy atom. The molecule has 0 aliphatic rings. The van der Waals surface area contributed by atoms with Gasteiger partial charge < -0.3 is 4.74 Å². The molecule has 0 aromatic heterocycles. The maximum absolute atomic E-state index is 12.1. The lowest BCUT2D eigenvalue weighted by atomic mass is 9.97. The standard InChI is InChI=1S/C22H42O3/c1-4-6-8-10-11-12-13-14-15-16-18-21(20(3)23)22(24)25-19-17-9-7-5-2/h21H,4-19H2,1-3H3. The van der Waals surface area contributed by atoms with Crippen LogP contribution >= 0.6 is 0 Å². The first-order valence-corrected chi connectivity index (χ1v) is 10.8. The number of hydrogen-bond acceptors (Lipinski definition) is 3. The van der Waals surface area contributed by atoms with Gasteiger partial charge in [-0.2, -0.15) is 0 Å². The summed E-state index contributed by atoms with van der Waals surface area (Å²) < 4.78 is 5.29. The van der Waals surface area contributed by atoms with Crippen LogP contribution in [0, 0.1) is 5.92 Å². The average Bonchev–Trinajstić information content (AvgIpc) is 2.59. The van der Waals surface area contributed by atoms with Crippen molar-refractivity contribution >= 4 is 11.8 Å². The SMILES string of the molecule is CCCCCCCCCCCCC(C(C)=O)C(=O)OCCCCCC. The Morgan fingerprint density at radius 3 is 1.60 bits per heavy atom. The molecule has 0 aromatic carbocycles. The normalized spacial score (nSPS) is 12.1. The first kappa shape index (κ1) is 24.1. The van der Waals surface area contributed by atoms with E-state index >= 15 is 0 Å². The summed E-state index contributed by atoms with van der Waals surface area (Å²) in [6, 6.07) is 0. The molecule has 0 aliphatic carbocycles. The fraction of sp³-hybridized carbons (Fsp3) is 0.909. The van der Waals surface area contributed by atoms with Crippen LogP contribution in [0.3, 0.4) is 0 Å². The highest BCUT2D eigenvalue weighted by molar-refractivity contribution is 5.97. The summed E-state index contributed by atoms with van der Waals surface area (Å²) in [5.74, 6) is -0.894. The second kappa shape index (κ2) is 17.9. The molecule has 3 nitrogen and oxygen atoms in total. The summed E-state index contributed by atoms with van der Waals surface area (Å²) in [6.45, 7) is 6.38. The van der Waals surface area contributed by atoms with Crippen LogP contribution in [0.1, 0.15) is 117 Å². The van der Waals surface area contributed by atoms with Gasteiger partial charge in [0.1, 0.15) is 11.7 Å². The number of hydrogen-bond donors (Lipinski definition) is 0. The van der Waals surface area contributed by atoms with E-state index in [0.717, 1.165) is 25.7 Å². The van der Waals surface area contributed by atoms with Crippen molar-refractivity contribution in [2.45, 2.75) is 117 Å². The predicted molar refractivity (Wildman–Crippen MR) is 106 cm³/mol. The number of Topliss-reactive ketones (excluding diaryl/α,β-unsaturated/α-hetero) is 1. The van der Waals surface area contributed by atoms with Gasteiger partial charge in [-0.3, -0.25) is 9.59 Å². The summed E-state index contributed by atoms with van der Waals surface area (Å²) >= 11 is 0. The molecule has 0 rings (SSSR count). The summed E-state index contributed by atoms with van der Waals surface area (Å²) in [6.07, 6.45) is 17.6. The molecule has 3 heteroatoms. The Bertz CT molecular complexity index is 325. The Hall–Kier alpha value is -0.860. The molecular weight excluding hydrogens is 312 g/mol. The largest absolute Gasteiger partial charge is 0.465 e. The molecule has 0 saturated carbocycles. The van der Waals surface area contributed by atoms with Crippen molar-refractivity contribution in [1.29, 1.82) is 0 Å². The second-order valence-corrected chi connectivity index (χ2v) is 7.36. The number of ether oxygens (including phenoxy) is 1. The van der Waals surface area contributed by atoms with Crippen molar-refractivity contribution in [2.75, 3.05) is 6.61 Å². The third-order valence-corrected chi connectivity index (χ3v) is 4.86. The van der Waals surface area contributed by atoms with Gasteiger partial charge in [-0.15, -0.1) is 0 Å². The Morgan fingerprint density at radius 1 is 0.680 bits per heavy atom. The van der Waals surface area contributed by atoms with Crippen molar-refractivity contribution in [3.63, 3.8) is 0 Å². The minimum Gasteiger partial charge on any atom is -0.465 e. The molecule has 0 heterocycles. The molecule has 0 amide bonds. The van der Waals surface area contributed by atoms with Gasteiger partial charge in [0.05, 0.1) is 6.61 Å². The van der Waals surface area contributed by atoms with Crippen LogP contribution in [0.25, 0.3) is 0 Å². The number of ketones is 1. The van der Waals surface area contributed by atoms with Gasteiger partial charge in [-0.1, -0.05) is 97.3 Å². The van der Waals surface area contributed by atoms with E-state index in [0.29, 0.717) is 13.0 Å². The first-order chi connectivity index (χ1) is 12.1. The van der Waals surface area contributed by atoms with Crippen molar-refractivity contribution in [1.82, 2.24) is 0 Å². The molecule has 0 spiro atoms. The van der Waals surface area contributed by atoms with Gasteiger partial charge in [-0.25, -0.2) is 0 Å². The van der Waals surface area contributed by atoms with Crippen LogP contribution in [-0.4, -0.2) is 18.4 Å². The van der Waals surface area contributed by atoms with Gasteiger partial charge in [0, 0.05) is 0 Å². The van der Waals surface area contributed by atoms with E-state index in [-0.39, 0.29) is 11.8 Å². The van der Waals surface area contributed by atoms with Gasteiger partial charge in [0.25, 0.3) is 0 Å². The van der Waals surface area contributed by atoms with E-state index in [1.165, 1.54) is 71.1 Å². The quantitative estimate of drug-likeness (QED) is 0.158. The summed E-state index contributed by atoms with van der Waals surface area (Å²) in [5.41, 5.74) is 0. The third-order valence-electron chi connectivity index (χ3n) is 4.86. The van der Waals surface area contributed by atoms with Crippen LogP contribution in [0.5, 0.6) is 0 Å². The van der Waals surface area contributed by atoms with Gasteiger partial charge >= 0.3 is 5.97 Å². The number of esters is 1. The van der Waals surface area contributed by atoms with E-state index in [9.17, 15) is 9.59 Å². The molecule has 0 fully saturated rings. The molecule has 0 radical (unpaired) electrons. The van der Waals surface area contributed by atoms with Crippen LogP contribution in [0.15, 0.2) is 0 Å². The van der Waals surface area contributed by atoms with Crippen LogP contribution in [0.2, 0.25) is 0 Å². The Labute approximate surface area is 156 Å². The maximum atomic E-state index is 12.1. The highest BCUT2D eigenvalue weighted by Gasteiger charge is 2.24. The van der Waals surface area contributed by atoms with Gasteiger partial charge in [0.2, 0.25) is 0 Å². The highest BCUT2D eigenvalue weighted by atomic mass is 16.5. The topological polar surface area (TPSA) is 43.4 Å². The molecule has 0 N–H and O–H groups in total. The lowest BCUT2D eigenvalue weighted by molar-refractivity contribution is -0.152. The Kier molecular flexibility index (Phi) is 17.3. The van der Waals surface area contributed by atoms with E-state index in [1.54, 1.807) is 0 Å². The molecule has 1 atom stereocenters. The Balaban J connectivity index is 3.68. The predicted octanol–water partition coefficient (Wildman–Crippen LogP) is 6.63. The fourth-order valence-electron chi connectivity index (χ4n) is 3.13.